The number of aliphatic hydroxyl groups excluding tert-OH is 2. The van der Waals surface area contributed by atoms with Gasteiger partial charge in [-0.3, -0.25) is 0 Å². The first-order chi connectivity index (χ1) is 12.7. The molecule has 1 aliphatic rings. The number of methoxy groups -OCH3 is 1. The van der Waals surface area contributed by atoms with Crippen LogP contribution in [0.1, 0.15) is 11.1 Å². The van der Waals surface area contributed by atoms with Gasteiger partial charge in [-0.25, -0.2) is 0 Å². The van der Waals surface area contributed by atoms with Crippen LogP contribution in [0.25, 0.3) is 0 Å². The molecule has 2 N–H and O–H groups in total. The summed E-state index contributed by atoms with van der Waals surface area (Å²) in [6.45, 7) is 0.732. The normalized spacial score (nSPS) is 26.7. The van der Waals surface area contributed by atoms with Gasteiger partial charge < -0.3 is 24.4 Å². The summed E-state index contributed by atoms with van der Waals surface area (Å²) in [5.41, 5.74) is 2.08. The Kier molecular flexibility index (Phi) is 6.77. The molecule has 1 unspecified atom stereocenters. The molecule has 140 valence electrons. The minimum Gasteiger partial charge on any atom is -0.390 e. The van der Waals surface area contributed by atoms with E-state index in [0.717, 1.165) is 11.1 Å². The molecule has 0 bridgehead atoms. The van der Waals surface area contributed by atoms with E-state index in [4.69, 9.17) is 14.2 Å². The molecule has 26 heavy (non-hydrogen) atoms. The second-order valence-electron chi connectivity index (χ2n) is 6.62. The lowest BCUT2D eigenvalue weighted by Crippen LogP contribution is -2.38. The van der Waals surface area contributed by atoms with E-state index in [2.05, 4.69) is 0 Å². The number of aliphatic hydroxyl groups is 2. The summed E-state index contributed by atoms with van der Waals surface area (Å²) >= 11 is 0. The maximum absolute atomic E-state index is 10.7. The van der Waals surface area contributed by atoms with E-state index in [9.17, 15) is 10.2 Å². The molecule has 0 amide bonds. The van der Waals surface area contributed by atoms with Crippen molar-refractivity contribution in [2.24, 2.45) is 5.92 Å². The molecule has 1 heterocycles. The van der Waals surface area contributed by atoms with Crippen LogP contribution in [0.4, 0.5) is 0 Å². The van der Waals surface area contributed by atoms with Crippen LogP contribution in [-0.2, 0) is 27.2 Å². The minimum absolute atomic E-state index is 0.284. The molecule has 0 aromatic heterocycles. The van der Waals surface area contributed by atoms with Crippen LogP contribution in [0.2, 0.25) is 0 Å². The molecule has 0 spiro atoms. The lowest BCUT2D eigenvalue weighted by Gasteiger charge is -2.24. The van der Waals surface area contributed by atoms with Crippen LogP contribution in [-0.4, -0.2) is 48.5 Å². The molecule has 0 saturated carbocycles. The molecule has 1 saturated heterocycles. The van der Waals surface area contributed by atoms with Crippen molar-refractivity contribution in [2.75, 3.05) is 13.7 Å². The van der Waals surface area contributed by atoms with Crippen LogP contribution in [0.15, 0.2) is 60.7 Å². The molecular weight excluding hydrogens is 332 g/mol. The fraction of sp³-hybridized carbons (Fsp3) is 0.429. The number of hydrogen-bond acceptors (Lipinski definition) is 5. The predicted molar refractivity (Wildman–Crippen MR) is 97.4 cm³/mol. The molecule has 1 fully saturated rings. The van der Waals surface area contributed by atoms with E-state index < -0.39 is 24.6 Å². The van der Waals surface area contributed by atoms with Crippen molar-refractivity contribution in [3.63, 3.8) is 0 Å². The first-order valence-corrected chi connectivity index (χ1v) is 8.89. The summed E-state index contributed by atoms with van der Waals surface area (Å²) in [5.74, 6) is -0.359. The van der Waals surface area contributed by atoms with Gasteiger partial charge in [0.25, 0.3) is 0 Å². The fourth-order valence-corrected chi connectivity index (χ4v) is 3.36. The minimum atomic E-state index is -0.841. The molecule has 0 radical (unpaired) electrons. The second kappa shape index (κ2) is 9.26. The first-order valence-electron chi connectivity index (χ1n) is 8.89. The highest BCUT2D eigenvalue weighted by Gasteiger charge is 2.46. The van der Waals surface area contributed by atoms with E-state index in [0.29, 0.717) is 13.0 Å². The van der Waals surface area contributed by atoms with Gasteiger partial charge >= 0.3 is 0 Å². The van der Waals surface area contributed by atoms with Gasteiger partial charge in [-0.1, -0.05) is 60.7 Å². The van der Waals surface area contributed by atoms with Crippen LogP contribution in [0.5, 0.6) is 0 Å². The molecule has 5 atom stereocenters. The molecule has 1 aliphatic heterocycles. The van der Waals surface area contributed by atoms with Crippen molar-refractivity contribution in [1.29, 1.82) is 0 Å². The number of hydrogen-bond donors (Lipinski definition) is 2. The Bertz CT molecular complexity index is 648. The molecule has 2 aromatic rings. The summed E-state index contributed by atoms with van der Waals surface area (Å²) < 4.78 is 16.8. The zero-order valence-electron chi connectivity index (χ0n) is 14.9. The largest absolute Gasteiger partial charge is 0.390 e. The van der Waals surface area contributed by atoms with Gasteiger partial charge in [0.2, 0.25) is 0 Å². The van der Waals surface area contributed by atoms with Gasteiger partial charge in [-0.2, -0.15) is 0 Å². The lowest BCUT2D eigenvalue weighted by atomic mass is 9.92. The third-order valence-corrected chi connectivity index (χ3v) is 4.75. The van der Waals surface area contributed by atoms with Gasteiger partial charge in [0, 0.05) is 19.4 Å². The van der Waals surface area contributed by atoms with Crippen LogP contribution in [0, 0.1) is 5.92 Å². The topological polar surface area (TPSA) is 68.2 Å². The Morgan fingerprint density at radius 3 is 2.23 bits per heavy atom. The quantitative estimate of drug-likeness (QED) is 0.757. The summed E-state index contributed by atoms with van der Waals surface area (Å²) in [6.07, 6.45) is -2.45. The molecule has 2 aromatic carbocycles. The number of benzene rings is 2. The first kappa shape index (κ1) is 19.0. The summed E-state index contributed by atoms with van der Waals surface area (Å²) in [4.78, 5) is 0. The Hall–Kier alpha value is -1.76. The van der Waals surface area contributed by atoms with Crippen molar-refractivity contribution in [3.05, 3.63) is 71.8 Å². The smallest absolute Gasteiger partial charge is 0.183 e. The molecule has 5 heteroatoms. The van der Waals surface area contributed by atoms with E-state index in [1.807, 2.05) is 60.7 Å². The zero-order valence-corrected chi connectivity index (χ0v) is 14.9. The monoisotopic (exact) mass is 358 g/mol. The SMILES string of the molecule is CO[C@H]1O[C@H](C(O)Cc2ccccc2)[C@@H](COCc2ccccc2)[C@H]1O. The van der Waals surface area contributed by atoms with E-state index in [1.54, 1.807) is 0 Å². The van der Waals surface area contributed by atoms with Gasteiger partial charge in [-0.05, 0) is 11.1 Å². The summed E-state index contributed by atoms with van der Waals surface area (Å²) in [7, 11) is 1.49. The molecule has 5 nitrogen and oxygen atoms in total. The standard InChI is InChI=1S/C21H26O5/c1-24-21-19(23)17(14-25-13-16-10-6-3-7-11-16)20(26-21)18(22)12-15-8-4-2-5-9-15/h2-11,17-23H,12-14H2,1H3/t17-,18?,19+,20-,21-/m0/s1. The van der Waals surface area contributed by atoms with Crippen molar-refractivity contribution in [2.45, 2.75) is 37.6 Å². The maximum Gasteiger partial charge on any atom is 0.183 e. The average Bonchev–Trinajstić information content (AvgIpc) is 2.99. The van der Waals surface area contributed by atoms with Crippen molar-refractivity contribution >= 4 is 0 Å². The summed E-state index contributed by atoms with van der Waals surface area (Å²) in [5, 5.41) is 21.2. The van der Waals surface area contributed by atoms with Crippen LogP contribution >= 0.6 is 0 Å². The van der Waals surface area contributed by atoms with Crippen LogP contribution in [0.3, 0.4) is 0 Å². The Balaban J connectivity index is 1.62. The van der Waals surface area contributed by atoms with E-state index >= 15 is 0 Å². The van der Waals surface area contributed by atoms with Crippen molar-refractivity contribution < 1.29 is 24.4 Å². The maximum atomic E-state index is 10.7. The fourth-order valence-electron chi connectivity index (χ4n) is 3.36. The lowest BCUT2D eigenvalue weighted by molar-refractivity contribution is -0.163. The second-order valence-corrected chi connectivity index (χ2v) is 6.62. The molecule has 3 rings (SSSR count). The van der Waals surface area contributed by atoms with Crippen molar-refractivity contribution in [3.8, 4) is 0 Å². The summed E-state index contributed by atoms with van der Waals surface area (Å²) in [6, 6.07) is 19.6. The van der Waals surface area contributed by atoms with Crippen LogP contribution < -0.4 is 0 Å². The number of ether oxygens (including phenoxy) is 3. The van der Waals surface area contributed by atoms with Gasteiger partial charge in [-0.15, -0.1) is 0 Å². The molecule has 0 aliphatic carbocycles. The Labute approximate surface area is 154 Å². The predicted octanol–water partition coefficient (Wildman–Crippen LogP) is 2.16. The molecular formula is C21H26O5. The third kappa shape index (κ3) is 4.69. The average molecular weight is 358 g/mol. The highest BCUT2D eigenvalue weighted by Crippen LogP contribution is 2.31. The van der Waals surface area contributed by atoms with Gasteiger partial charge in [0.1, 0.15) is 6.10 Å². The Morgan fingerprint density at radius 2 is 1.62 bits per heavy atom. The highest BCUT2D eigenvalue weighted by atomic mass is 16.7. The third-order valence-electron chi connectivity index (χ3n) is 4.75. The Morgan fingerprint density at radius 1 is 1.00 bits per heavy atom. The van der Waals surface area contributed by atoms with Crippen molar-refractivity contribution in [1.82, 2.24) is 0 Å². The van der Waals surface area contributed by atoms with Gasteiger partial charge in [0.05, 0.1) is 25.4 Å². The van der Waals surface area contributed by atoms with Gasteiger partial charge in [0.15, 0.2) is 6.29 Å². The van der Waals surface area contributed by atoms with E-state index in [-0.39, 0.29) is 12.5 Å². The number of rotatable bonds is 8. The highest BCUT2D eigenvalue weighted by molar-refractivity contribution is 5.16. The zero-order chi connectivity index (χ0) is 18.4. The van der Waals surface area contributed by atoms with E-state index in [1.165, 1.54) is 7.11 Å².